The van der Waals surface area contributed by atoms with E-state index in [9.17, 15) is 14.4 Å². The highest BCUT2D eigenvalue weighted by molar-refractivity contribution is 8.00. The van der Waals surface area contributed by atoms with Crippen LogP contribution in [0.15, 0.2) is 52.3 Å². The predicted octanol–water partition coefficient (Wildman–Crippen LogP) is 1.20. The molecule has 0 atom stereocenters. The molecule has 0 aliphatic heterocycles. The zero-order valence-corrected chi connectivity index (χ0v) is 11.8. The van der Waals surface area contributed by atoms with Gasteiger partial charge in [-0.15, -0.1) is 11.8 Å². The van der Waals surface area contributed by atoms with E-state index in [2.05, 4.69) is 10.3 Å². The van der Waals surface area contributed by atoms with Crippen LogP contribution in [0.2, 0.25) is 0 Å². The summed E-state index contributed by atoms with van der Waals surface area (Å²) in [7, 11) is 0. The molecule has 0 spiro atoms. The van der Waals surface area contributed by atoms with Crippen molar-refractivity contribution in [1.29, 1.82) is 0 Å². The predicted molar refractivity (Wildman–Crippen MR) is 81.4 cm³/mol. The Balaban J connectivity index is 2.17. The van der Waals surface area contributed by atoms with E-state index in [-0.39, 0.29) is 16.9 Å². The molecule has 0 aliphatic carbocycles. The minimum absolute atomic E-state index is 0.123. The third kappa shape index (κ3) is 4.22. The number of carbonyl (C=O) groups excluding carboxylic acids is 2. The highest BCUT2D eigenvalue weighted by Crippen LogP contribution is 2.26. The molecule has 21 heavy (non-hydrogen) atoms. The molecule has 4 N–H and O–H groups in total. The first-order valence-corrected chi connectivity index (χ1v) is 7.05. The number of nitrogens with one attached hydrogen (secondary N) is 2. The molecule has 1 heterocycles. The van der Waals surface area contributed by atoms with Gasteiger partial charge in [0.15, 0.2) is 0 Å². The zero-order chi connectivity index (χ0) is 15.2. The van der Waals surface area contributed by atoms with E-state index in [4.69, 9.17) is 5.73 Å². The van der Waals surface area contributed by atoms with Crippen LogP contribution in [0.3, 0.4) is 0 Å². The van der Waals surface area contributed by atoms with Gasteiger partial charge in [-0.05, 0) is 18.2 Å². The molecule has 1 aromatic heterocycles. The Morgan fingerprint density at radius 1 is 1.24 bits per heavy atom. The maximum atomic E-state index is 12.1. The number of rotatable bonds is 5. The second kappa shape index (κ2) is 6.76. The van der Waals surface area contributed by atoms with Crippen LogP contribution in [-0.2, 0) is 4.79 Å². The van der Waals surface area contributed by atoms with E-state index >= 15 is 0 Å². The maximum Gasteiger partial charge on any atom is 0.255 e. The first-order valence-electron chi connectivity index (χ1n) is 6.06. The smallest absolute Gasteiger partial charge is 0.255 e. The topological polar surface area (TPSA) is 105 Å². The summed E-state index contributed by atoms with van der Waals surface area (Å²) in [6.07, 6.45) is 1.41. The maximum absolute atomic E-state index is 12.1. The fraction of sp³-hybridized carbons (Fsp3) is 0.0714. The fourth-order valence-corrected chi connectivity index (χ4v) is 2.37. The van der Waals surface area contributed by atoms with Gasteiger partial charge in [0.05, 0.1) is 11.4 Å². The van der Waals surface area contributed by atoms with Crippen LogP contribution >= 0.6 is 11.8 Å². The summed E-state index contributed by atoms with van der Waals surface area (Å²) in [5.41, 5.74) is 5.59. The number of para-hydroxylation sites is 1. The number of hydrogen-bond donors (Lipinski definition) is 3. The van der Waals surface area contributed by atoms with Crippen molar-refractivity contribution >= 4 is 29.3 Å². The van der Waals surface area contributed by atoms with Gasteiger partial charge in [-0.3, -0.25) is 14.4 Å². The summed E-state index contributed by atoms with van der Waals surface area (Å²) in [6, 6.07) is 9.79. The minimum Gasteiger partial charge on any atom is -0.369 e. The lowest BCUT2D eigenvalue weighted by molar-refractivity contribution is -0.115. The van der Waals surface area contributed by atoms with E-state index in [1.807, 2.05) is 0 Å². The number of hydrogen-bond acceptors (Lipinski definition) is 4. The van der Waals surface area contributed by atoms with Gasteiger partial charge >= 0.3 is 0 Å². The van der Waals surface area contributed by atoms with Crippen molar-refractivity contribution < 1.29 is 9.59 Å². The van der Waals surface area contributed by atoms with Gasteiger partial charge < -0.3 is 16.0 Å². The number of nitrogens with two attached hydrogens (primary N) is 1. The number of benzene rings is 1. The molecule has 0 fully saturated rings. The molecular formula is C14H13N3O3S. The third-order valence-corrected chi connectivity index (χ3v) is 3.64. The number of aromatic nitrogens is 1. The number of carbonyl (C=O) groups is 2. The van der Waals surface area contributed by atoms with Gasteiger partial charge in [0, 0.05) is 22.7 Å². The van der Waals surface area contributed by atoms with Crippen molar-refractivity contribution in [2.45, 2.75) is 4.90 Å². The molecule has 0 aliphatic rings. The monoisotopic (exact) mass is 303 g/mol. The Bertz CT molecular complexity index is 727. The largest absolute Gasteiger partial charge is 0.369 e. The summed E-state index contributed by atoms with van der Waals surface area (Å²) in [5, 5.41) is 2.71. The van der Waals surface area contributed by atoms with Crippen LogP contribution < -0.4 is 16.6 Å². The van der Waals surface area contributed by atoms with E-state index in [1.54, 1.807) is 24.3 Å². The number of primary amides is 1. The Morgan fingerprint density at radius 3 is 2.71 bits per heavy atom. The lowest BCUT2D eigenvalue weighted by Crippen LogP contribution is -2.16. The number of amides is 2. The number of anilines is 1. The molecule has 0 radical (unpaired) electrons. The standard InChI is InChI=1S/C14H13N3O3S/c15-12(18)8-21-11-4-2-1-3-10(11)17-14(20)9-5-6-16-13(19)7-9/h1-7H,8H2,(H2,15,18)(H,16,19)(H,17,20). The second-order valence-corrected chi connectivity index (χ2v) is 5.16. The molecule has 2 amide bonds. The van der Waals surface area contributed by atoms with E-state index < -0.39 is 11.8 Å². The van der Waals surface area contributed by atoms with Crippen LogP contribution in [0, 0.1) is 0 Å². The van der Waals surface area contributed by atoms with E-state index in [0.29, 0.717) is 5.69 Å². The van der Waals surface area contributed by atoms with Gasteiger partial charge in [0.1, 0.15) is 0 Å². The summed E-state index contributed by atoms with van der Waals surface area (Å²) < 4.78 is 0. The van der Waals surface area contributed by atoms with Crippen molar-refractivity contribution in [1.82, 2.24) is 4.98 Å². The summed E-state index contributed by atoms with van der Waals surface area (Å²) in [4.78, 5) is 37.3. The average Bonchev–Trinajstić information content (AvgIpc) is 2.46. The molecule has 2 rings (SSSR count). The Hall–Kier alpha value is -2.54. The number of pyridine rings is 1. The van der Waals surface area contributed by atoms with Crippen LogP contribution in [0.1, 0.15) is 10.4 Å². The molecule has 2 aromatic rings. The summed E-state index contributed by atoms with van der Waals surface area (Å²) in [5.74, 6) is -0.707. The average molecular weight is 303 g/mol. The van der Waals surface area contributed by atoms with Gasteiger partial charge in [-0.1, -0.05) is 12.1 Å². The Kier molecular flexibility index (Phi) is 4.78. The van der Waals surface area contributed by atoms with Crippen molar-refractivity contribution in [3.63, 3.8) is 0 Å². The van der Waals surface area contributed by atoms with Gasteiger partial charge in [-0.25, -0.2) is 0 Å². The normalized spacial score (nSPS) is 10.1. The molecule has 1 aromatic carbocycles. The summed E-state index contributed by atoms with van der Waals surface area (Å²) >= 11 is 1.24. The van der Waals surface area contributed by atoms with Crippen molar-refractivity contribution in [3.8, 4) is 0 Å². The molecule has 0 unspecified atom stereocenters. The third-order valence-electron chi connectivity index (χ3n) is 2.54. The molecule has 0 saturated carbocycles. The van der Waals surface area contributed by atoms with Gasteiger partial charge in [0.2, 0.25) is 11.5 Å². The molecule has 6 nitrogen and oxygen atoms in total. The quantitative estimate of drug-likeness (QED) is 0.722. The lowest BCUT2D eigenvalue weighted by atomic mass is 10.2. The van der Waals surface area contributed by atoms with Gasteiger partial charge in [0.25, 0.3) is 5.91 Å². The number of thioether (sulfide) groups is 1. The van der Waals surface area contributed by atoms with Crippen LogP contribution in [-0.4, -0.2) is 22.6 Å². The number of aromatic amines is 1. The van der Waals surface area contributed by atoms with E-state index in [1.165, 1.54) is 30.1 Å². The minimum atomic E-state index is -0.435. The first-order chi connectivity index (χ1) is 10.1. The zero-order valence-electron chi connectivity index (χ0n) is 11.0. The van der Waals surface area contributed by atoms with Crippen LogP contribution in [0.5, 0.6) is 0 Å². The van der Waals surface area contributed by atoms with Crippen LogP contribution in [0.4, 0.5) is 5.69 Å². The van der Waals surface area contributed by atoms with Crippen molar-refractivity contribution in [2.24, 2.45) is 5.73 Å². The second-order valence-electron chi connectivity index (χ2n) is 4.15. The highest BCUT2D eigenvalue weighted by Gasteiger charge is 2.10. The SMILES string of the molecule is NC(=O)CSc1ccccc1NC(=O)c1cc[nH]c(=O)c1. The molecular weight excluding hydrogens is 290 g/mol. The molecule has 0 saturated heterocycles. The Labute approximate surface area is 124 Å². The summed E-state index contributed by atoms with van der Waals surface area (Å²) in [6.45, 7) is 0. The number of H-pyrrole nitrogens is 1. The highest BCUT2D eigenvalue weighted by atomic mass is 32.2. The molecule has 7 heteroatoms. The Morgan fingerprint density at radius 2 is 2.00 bits per heavy atom. The lowest BCUT2D eigenvalue weighted by Gasteiger charge is -2.10. The van der Waals surface area contributed by atoms with Crippen molar-refractivity contribution in [2.75, 3.05) is 11.1 Å². The molecule has 0 bridgehead atoms. The molecule has 108 valence electrons. The first kappa shape index (κ1) is 14.9. The van der Waals surface area contributed by atoms with Crippen molar-refractivity contribution in [3.05, 3.63) is 58.5 Å². The van der Waals surface area contributed by atoms with Crippen LogP contribution in [0.25, 0.3) is 0 Å². The van der Waals surface area contributed by atoms with Gasteiger partial charge in [-0.2, -0.15) is 0 Å². The van der Waals surface area contributed by atoms with E-state index in [0.717, 1.165) is 4.90 Å². The fourth-order valence-electron chi connectivity index (χ4n) is 1.62.